The maximum absolute atomic E-state index is 15.2. The van der Waals surface area contributed by atoms with Crippen molar-refractivity contribution >= 4 is 0 Å². The van der Waals surface area contributed by atoms with E-state index in [9.17, 15) is 0 Å². The Morgan fingerprint density at radius 2 is 1.28 bits per heavy atom. The van der Waals surface area contributed by atoms with Gasteiger partial charge in [0.2, 0.25) is 0 Å². The summed E-state index contributed by atoms with van der Waals surface area (Å²) in [6, 6.07) is 6.39. The van der Waals surface area contributed by atoms with Gasteiger partial charge in [-0.1, -0.05) is 70.9 Å². The van der Waals surface area contributed by atoms with Crippen molar-refractivity contribution in [2.45, 2.75) is 135 Å². The molecule has 0 unspecified atom stereocenters. The third-order valence-corrected chi connectivity index (χ3v) is 9.91. The first kappa shape index (κ1) is 24.3. The Hall–Kier alpha value is -0.850. The van der Waals surface area contributed by atoms with Crippen LogP contribution in [0.1, 0.15) is 146 Å². The molecule has 0 nitrogen and oxygen atoms in total. The van der Waals surface area contributed by atoms with Gasteiger partial charge in [0, 0.05) is 0 Å². The van der Waals surface area contributed by atoms with Crippen molar-refractivity contribution in [3.8, 4) is 0 Å². The van der Waals surface area contributed by atoms with Crippen LogP contribution in [0.3, 0.4) is 0 Å². The Labute approximate surface area is 198 Å². The second kappa shape index (κ2) is 12.0. The van der Waals surface area contributed by atoms with Gasteiger partial charge in [-0.15, -0.1) is 0 Å². The molecule has 0 radical (unpaired) electrons. The Balaban J connectivity index is 1.25. The number of halogens is 1. The van der Waals surface area contributed by atoms with Gasteiger partial charge in [-0.25, -0.2) is 4.39 Å². The molecule has 180 valence electrons. The van der Waals surface area contributed by atoms with Crippen molar-refractivity contribution in [1.29, 1.82) is 0 Å². The molecule has 0 spiro atoms. The van der Waals surface area contributed by atoms with Crippen LogP contribution in [0.15, 0.2) is 18.2 Å². The summed E-state index contributed by atoms with van der Waals surface area (Å²) in [5.41, 5.74) is 2.30. The zero-order valence-corrected chi connectivity index (χ0v) is 21.1. The van der Waals surface area contributed by atoms with Crippen LogP contribution in [0.4, 0.5) is 4.39 Å². The largest absolute Gasteiger partial charge is 0.207 e. The second-order valence-electron chi connectivity index (χ2n) is 11.8. The smallest absolute Gasteiger partial charge is 0.126 e. The van der Waals surface area contributed by atoms with E-state index in [-0.39, 0.29) is 5.82 Å². The molecule has 32 heavy (non-hydrogen) atoms. The molecule has 3 fully saturated rings. The molecule has 0 aliphatic heterocycles. The van der Waals surface area contributed by atoms with Gasteiger partial charge in [0.1, 0.15) is 5.82 Å². The summed E-state index contributed by atoms with van der Waals surface area (Å²) in [4.78, 5) is 0. The fraction of sp³-hybridized carbons (Fsp3) is 0.806. The second-order valence-corrected chi connectivity index (χ2v) is 11.8. The minimum Gasteiger partial charge on any atom is -0.207 e. The van der Waals surface area contributed by atoms with E-state index in [1.54, 1.807) is 0 Å². The quantitative estimate of drug-likeness (QED) is 0.353. The van der Waals surface area contributed by atoms with Crippen LogP contribution in [0, 0.1) is 29.5 Å². The first-order valence-corrected chi connectivity index (χ1v) is 14.5. The third-order valence-electron chi connectivity index (χ3n) is 9.91. The molecule has 0 bridgehead atoms. The number of rotatable bonds is 8. The van der Waals surface area contributed by atoms with Gasteiger partial charge < -0.3 is 0 Å². The van der Waals surface area contributed by atoms with E-state index in [1.807, 2.05) is 6.07 Å². The molecule has 4 rings (SSSR count). The molecule has 3 saturated carbocycles. The van der Waals surface area contributed by atoms with Crippen molar-refractivity contribution < 1.29 is 4.39 Å². The highest BCUT2D eigenvalue weighted by atomic mass is 19.1. The summed E-state index contributed by atoms with van der Waals surface area (Å²) in [6.07, 6.45) is 23.0. The first-order valence-electron chi connectivity index (χ1n) is 14.5. The van der Waals surface area contributed by atoms with Crippen LogP contribution in [-0.4, -0.2) is 0 Å². The van der Waals surface area contributed by atoms with Gasteiger partial charge in [-0.05, 0) is 117 Å². The molecule has 3 aliphatic carbocycles. The first-order chi connectivity index (χ1) is 15.7. The summed E-state index contributed by atoms with van der Waals surface area (Å²) in [5, 5.41) is 0. The lowest BCUT2D eigenvalue weighted by molar-refractivity contribution is 0.158. The lowest BCUT2D eigenvalue weighted by Gasteiger charge is -2.38. The van der Waals surface area contributed by atoms with E-state index in [0.29, 0.717) is 11.8 Å². The van der Waals surface area contributed by atoms with Crippen molar-refractivity contribution in [2.75, 3.05) is 0 Å². The van der Waals surface area contributed by atoms with Crippen LogP contribution < -0.4 is 0 Å². The van der Waals surface area contributed by atoms with E-state index < -0.39 is 0 Å². The minimum absolute atomic E-state index is 0.0967. The van der Waals surface area contributed by atoms with Gasteiger partial charge in [0.25, 0.3) is 0 Å². The normalized spacial score (nSPS) is 33.8. The maximum Gasteiger partial charge on any atom is 0.126 e. The van der Waals surface area contributed by atoms with Gasteiger partial charge >= 0.3 is 0 Å². The summed E-state index contributed by atoms with van der Waals surface area (Å²) >= 11 is 0. The number of hydrogen-bond acceptors (Lipinski definition) is 0. The predicted molar refractivity (Wildman–Crippen MR) is 136 cm³/mol. The van der Waals surface area contributed by atoms with Crippen LogP contribution >= 0.6 is 0 Å². The van der Waals surface area contributed by atoms with Crippen molar-refractivity contribution in [1.82, 2.24) is 0 Å². The summed E-state index contributed by atoms with van der Waals surface area (Å²) in [7, 11) is 0. The van der Waals surface area contributed by atoms with Crippen molar-refractivity contribution in [3.63, 3.8) is 0 Å². The summed E-state index contributed by atoms with van der Waals surface area (Å²) < 4.78 is 15.2. The Morgan fingerprint density at radius 1 is 0.688 bits per heavy atom. The van der Waals surface area contributed by atoms with Crippen LogP contribution in [0.5, 0.6) is 0 Å². The van der Waals surface area contributed by atoms with Crippen molar-refractivity contribution in [3.05, 3.63) is 35.1 Å². The van der Waals surface area contributed by atoms with Crippen LogP contribution in [0.25, 0.3) is 0 Å². The van der Waals surface area contributed by atoms with Crippen molar-refractivity contribution in [2.24, 2.45) is 23.7 Å². The van der Waals surface area contributed by atoms with Gasteiger partial charge in [-0.2, -0.15) is 0 Å². The summed E-state index contributed by atoms with van der Waals surface area (Å²) in [5.74, 6) is 4.94. The van der Waals surface area contributed by atoms with E-state index >= 15 is 4.39 Å². The average molecular weight is 441 g/mol. The molecule has 0 aromatic heterocycles. The highest BCUT2D eigenvalue weighted by molar-refractivity contribution is 5.30. The standard InChI is InChI=1S/C31H49F/c1-3-5-6-7-24-10-14-27(15-11-24)29-20-21-30(31(32)22-29)28-18-16-26(17-19-28)25-12-8-23(4-2)9-13-25/h20-28H,3-19H2,1-2H3. The monoisotopic (exact) mass is 440 g/mol. The lowest BCUT2D eigenvalue weighted by atomic mass is 9.68. The topological polar surface area (TPSA) is 0 Å². The van der Waals surface area contributed by atoms with E-state index in [2.05, 4.69) is 26.0 Å². The van der Waals surface area contributed by atoms with Crippen LogP contribution in [-0.2, 0) is 0 Å². The predicted octanol–water partition coefficient (Wildman–Crippen LogP) is 10.2. The van der Waals surface area contributed by atoms with E-state index in [0.717, 1.165) is 29.2 Å². The molecular formula is C31H49F. The zero-order chi connectivity index (χ0) is 22.3. The zero-order valence-electron chi connectivity index (χ0n) is 21.1. The highest BCUT2D eigenvalue weighted by Crippen LogP contribution is 2.45. The molecule has 1 aromatic rings. The van der Waals surface area contributed by atoms with Crippen LogP contribution in [0.2, 0.25) is 0 Å². The fourth-order valence-corrected chi connectivity index (χ4v) is 7.57. The Bertz CT molecular complexity index is 670. The van der Waals surface area contributed by atoms with Gasteiger partial charge in [-0.3, -0.25) is 0 Å². The molecular weight excluding hydrogens is 391 g/mol. The Morgan fingerprint density at radius 3 is 1.88 bits per heavy atom. The molecule has 0 heterocycles. The number of hydrogen-bond donors (Lipinski definition) is 0. The average Bonchev–Trinajstić information content (AvgIpc) is 2.85. The fourth-order valence-electron chi connectivity index (χ4n) is 7.57. The minimum atomic E-state index is 0.0967. The van der Waals surface area contributed by atoms with Gasteiger partial charge in [0.15, 0.2) is 0 Å². The molecule has 0 saturated heterocycles. The van der Waals surface area contributed by atoms with E-state index in [4.69, 9.17) is 0 Å². The molecule has 0 N–H and O–H groups in total. The molecule has 0 atom stereocenters. The highest BCUT2D eigenvalue weighted by Gasteiger charge is 2.32. The number of benzene rings is 1. The lowest BCUT2D eigenvalue weighted by Crippen LogP contribution is -2.25. The van der Waals surface area contributed by atoms with E-state index in [1.165, 1.54) is 115 Å². The SMILES string of the molecule is CCCCCC1CCC(c2ccc(C3CCC(C4CCC(CC)CC4)CC3)c(F)c2)CC1. The molecule has 3 aliphatic rings. The molecule has 1 heteroatoms. The third kappa shape index (κ3) is 6.18. The van der Waals surface area contributed by atoms with Gasteiger partial charge in [0.05, 0.1) is 0 Å². The Kier molecular flexibility index (Phi) is 9.13. The summed E-state index contributed by atoms with van der Waals surface area (Å²) in [6.45, 7) is 4.65. The molecule has 1 aromatic carbocycles. The maximum atomic E-state index is 15.2. The number of unbranched alkanes of at least 4 members (excludes halogenated alkanes) is 2. The molecule has 0 amide bonds.